The molecule has 118 valence electrons. The molecular weight excluding hydrogens is 335 g/mol. The van der Waals surface area contributed by atoms with Gasteiger partial charge in [0.15, 0.2) is 0 Å². The van der Waals surface area contributed by atoms with Crippen LogP contribution in [-0.4, -0.2) is 18.4 Å². The molecule has 3 rings (SSSR count). The predicted molar refractivity (Wildman–Crippen MR) is 92.0 cm³/mol. The van der Waals surface area contributed by atoms with Crippen LogP contribution in [0.4, 0.5) is 11.4 Å². The highest BCUT2D eigenvalue weighted by molar-refractivity contribution is 6.33. The molecule has 1 aliphatic rings. The van der Waals surface area contributed by atoms with E-state index in [0.717, 1.165) is 5.69 Å². The summed E-state index contributed by atoms with van der Waals surface area (Å²) >= 11 is 11.9. The topological polar surface area (TPSA) is 49.4 Å². The first kappa shape index (κ1) is 15.8. The Morgan fingerprint density at radius 3 is 2.48 bits per heavy atom. The van der Waals surface area contributed by atoms with Gasteiger partial charge in [-0.2, -0.15) is 0 Å². The van der Waals surface area contributed by atoms with Crippen LogP contribution in [0.15, 0.2) is 48.5 Å². The molecule has 2 amide bonds. The van der Waals surface area contributed by atoms with Gasteiger partial charge in [-0.1, -0.05) is 35.3 Å². The highest BCUT2D eigenvalue weighted by atomic mass is 35.5. The smallest absolute Gasteiger partial charge is 0.229 e. The van der Waals surface area contributed by atoms with E-state index >= 15 is 0 Å². The average molecular weight is 349 g/mol. The van der Waals surface area contributed by atoms with Gasteiger partial charge < -0.3 is 10.2 Å². The van der Waals surface area contributed by atoms with Crippen LogP contribution in [0.1, 0.15) is 6.42 Å². The molecule has 1 aliphatic heterocycles. The summed E-state index contributed by atoms with van der Waals surface area (Å²) in [6.45, 7) is 0.344. The minimum Gasteiger partial charge on any atom is -0.324 e. The Morgan fingerprint density at radius 1 is 1.09 bits per heavy atom. The molecule has 0 aliphatic carbocycles. The van der Waals surface area contributed by atoms with Crippen molar-refractivity contribution in [2.75, 3.05) is 16.8 Å². The largest absolute Gasteiger partial charge is 0.324 e. The van der Waals surface area contributed by atoms with Gasteiger partial charge in [0.25, 0.3) is 0 Å². The molecule has 1 fully saturated rings. The Bertz CT molecular complexity index is 747. The maximum Gasteiger partial charge on any atom is 0.229 e. The monoisotopic (exact) mass is 348 g/mol. The van der Waals surface area contributed by atoms with E-state index in [2.05, 4.69) is 5.32 Å². The molecule has 0 radical (unpaired) electrons. The van der Waals surface area contributed by atoms with Crippen molar-refractivity contribution in [3.63, 3.8) is 0 Å². The predicted octanol–water partition coefficient (Wildman–Crippen LogP) is 3.99. The van der Waals surface area contributed by atoms with Crippen molar-refractivity contribution in [1.82, 2.24) is 0 Å². The molecule has 0 saturated carbocycles. The summed E-state index contributed by atoms with van der Waals surface area (Å²) in [5, 5.41) is 3.86. The number of nitrogens with one attached hydrogen (secondary N) is 1. The quantitative estimate of drug-likeness (QED) is 0.911. The third-order valence-electron chi connectivity index (χ3n) is 3.77. The summed E-state index contributed by atoms with van der Waals surface area (Å²) in [6.07, 6.45) is 0.179. The zero-order valence-electron chi connectivity index (χ0n) is 12.1. The number of rotatable bonds is 3. The number of anilines is 2. The summed E-state index contributed by atoms with van der Waals surface area (Å²) in [4.78, 5) is 26.2. The first-order valence-electron chi connectivity index (χ1n) is 7.16. The first-order valence-corrected chi connectivity index (χ1v) is 7.91. The van der Waals surface area contributed by atoms with Crippen molar-refractivity contribution >= 4 is 46.4 Å². The molecule has 0 unspecified atom stereocenters. The summed E-state index contributed by atoms with van der Waals surface area (Å²) < 4.78 is 0. The van der Waals surface area contributed by atoms with Crippen molar-refractivity contribution in [2.45, 2.75) is 6.42 Å². The van der Waals surface area contributed by atoms with Crippen molar-refractivity contribution in [3.05, 3.63) is 58.6 Å². The van der Waals surface area contributed by atoms with Crippen molar-refractivity contribution in [1.29, 1.82) is 0 Å². The lowest BCUT2D eigenvalue weighted by Gasteiger charge is -2.17. The molecule has 0 spiro atoms. The maximum atomic E-state index is 12.4. The zero-order chi connectivity index (χ0) is 16.4. The molecular formula is C17H14Cl2N2O2. The zero-order valence-corrected chi connectivity index (χ0v) is 13.6. The Labute approximate surface area is 144 Å². The Hall–Kier alpha value is -2.04. The minimum atomic E-state index is -0.408. The second-order valence-corrected chi connectivity index (χ2v) is 6.19. The lowest BCUT2D eigenvalue weighted by atomic mass is 10.1. The normalized spacial score (nSPS) is 17.4. The van der Waals surface area contributed by atoms with Crippen LogP contribution in [0, 0.1) is 5.92 Å². The van der Waals surface area contributed by atoms with Crippen molar-refractivity contribution < 1.29 is 9.59 Å². The van der Waals surface area contributed by atoms with Gasteiger partial charge in [0.1, 0.15) is 0 Å². The van der Waals surface area contributed by atoms with E-state index in [1.807, 2.05) is 0 Å². The molecule has 1 saturated heterocycles. The fourth-order valence-corrected chi connectivity index (χ4v) is 2.86. The number of hydrogen-bond donors (Lipinski definition) is 1. The van der Waals surface area contributed by atoms with E-state index in [-0.39, 0.29) is 18.2 Å². The molecule has 6 heteroatoms. The second kappa shape index (κ2) is 6.60. The number of carbonyl (C=O) groups is 2. The lowest BCUT2D eigenvalue weighted by molar-refractivity contribution is -0.122. The number of hydrogen-bond acceptors (Lipinski definition) is 2. The van der Waals surface area contributed by atoms with Crippen molar-refractivity contribution in [2.24, 2.45) is 5.92 Å². The Kier molecular flexibility index (Phi) is 4.55. The van der Waals surface area contributed by atoms with E-state index < -0.39 is 5.92 Å². The SMILES string of the molecule is O=C(Nc1ccccc1Cl)[C@H]1CC(=O)N(c2ccc(Cl)cc2)C1. The van der Waals surface area contributed by atoms with Gasteiger partial charge in [0.05, 0.1) is 16.6 Å². The van der Waals surface area contributed by atoms with E-state index in [1.165, 1.54) is 0 Å². The molecule has 2 aromatic rings. The summed E-state index contributed by atoms with van der Waals surface area (Å²) in [7, 11) is 0. The van der Waals surface area contributed by atoms with E-state index in [0.29, 0.717) is 22.3 Å². The Balaban J connectivity index is 1.71. The molecule has 2 aromatic carbocycles. The van der Waals surface area contributed by atoms with Gasteiger partial charge in [-0.25, -0.2) is 0 Å². The van der Waals surface area contributed by atoms with Crippen molar-refractivity contribution in [3.8, 4) is 0 Å². The van der Waals surface area contributed by atoms with Crippen LogP contribution in [0.2, 0.25) is 10.0 Å². The Morgan fingerprint density at radius 2 is 1.78 bits per heavy atom. The van der Waals surface area contributed by atoms with Crippen LogP contribution in [0.5, 0.6) is 0 Å². The van der Waals surface area contributed by atoms with Gasteiger partial charge in [0.2, 0.25) is 11.8 Å². The molecule has 23 heavy (non-hydrogen) atoms. The van der Waals surface area contributed by atoms with Crippen LogP contribution >= 0.6 is 23.2 Å². The fraction of sp³-hybridized carbons (Fsp3) is 0.176. The third kappa shape index (κ3) is 3.49. The van der Waals surface area contributed by atoms with Gasteiger partial charge in [-0.05, 0) is 36.4 Å². The van der Waals surface area contributed by atoms with Gasteiger partial charge in [-0.3, -0.25) is 9.59 Å². The number of benzene rings is 2. The molecule has 1 atom stereocenters. The number of halogens is 2. The van der Waals surface area contributed by atoms with E-state index in [9.17, 15) is 9.59 Å². The van der Waals surface area contributed by atoms with Gasteiger partial charge in [0, 0.05) is 23.7 Å². The molecule has 0 aromatic heterocycles. The molecule has 0 bridgehead atoms. The number of para-hydroxylation sites is 1. The van der Waals surface area contributed by atoms with Gasteiger partial charge >= 0.3 is 0 Å². The number of nitrogens with zero attached hydrogens (tertiary/aromatic N) is 1. The highest BCUT2D eigenvalue weighted by Gasteiger charge is 2.35. The van der Waals surface area contributed by atoms with E-state index in [4.69, 9.17) is 23.2 Å². The second-order valence-electron chi connectivity index (χ2n) is 5.35. The number of amides is 2. The third-order valence-corrected chi connectivity index (χ3v) is 4.35. The highest BCUT2D eigenvalue weighted by Crippen LogP contribution is 2.28. The molecule has 1 N–H and O–H groups in total. The minimum absolute atomic E-state index is 0.0772. The first-order chi connectivity index (χ1) is 11.0. The van der Waals surface area contributed by atoms with Crippen LogP contribution in [0.3, 0.4) is 0 Å². The van der Waals surface area contributed by atoms with E-state index in [1.54, 1.807) is 53.4 Å². The molecule has 1 heterocycles. The summed E-state index contributed by atoms with van der Waals surface area (Å²) in [5.74, 6) is -0.691. The summed E-state index contributed by atoms with van der Waals surface area (Å²) in [5.41, 5.74) is 1.30. The molecule has 4 nitrogen and oxygen atoms in total. The fourth-order valence-electron chi connectivity index (χ4n) is 2.55. The summed E-state index contributed by atoms with van der Waals surface area (Å²) in [6, 6.07) is 14.0. The number of carbonyl (C=O) groups excluding carboxylic acids is 2. The maximum absolute atomic E-state index is 12.4. The van der Waals surface area contributed by atoms with Crippen LogP contribution in [0.25, 0.3) is 0 Å². The average Bonchev–Trinajstić information content (AvgIpc) is 2.92. The van der Waals surface area contributed by atoms with Crippen LogP contribution in [-0.2, 0) is 9.59 Å². The van der Waals surface area contributed by atoms with Crippen LogP contribution < -0.4 is 10.2 Å². The lowest BCUT2D eigenvalue weighted by Crippen LogP contribution is -2.28. The standard InChI is InChI=1S/C17H14Cl2N2O2/c18-12-5-7-13(8-6-12)21-10-11(9-16(21)22)17(23)20-15-4-2-1-3-14(15)19/h1-8,11H,9-10H2,(H,20,23)/t11-/m0/s1. The van der Waals surface area contributed by atoms with Gasteiger partial charge in [-0.15, -0.1) is 0 Å².